The lowest BCUT2D eigenvalue weighted by molar-refractivity contribution is -0.908. The van der Waals surface area contributed by atoms with Gasteiger partial charge in [0.25, 0.3) is 0 Å². The number of para-hydroxylation sites is 2. The summed E-state index contributed by atoms with van der Waals surface area (Å²) in [6.45, 7) is 10.3. The summed E-state index contributed by atoms with van der Waals surface area (Å²) in [6, 6.07) is 10.7. The van der Waals surface area contributed by atoms with E-state index in [4.69, 9.17) is 4.74 Å². The normalized spacial score (nSPS) is 15.2. The largest absolute Gasteiger partial charge is 0.370 e. The Kier molecular flexibility index (Phi) is 5.47. The average molecular weight is 380 g/mol. The van der Waals surface area contributed by atoms with E-state index in [1.54, 1.807) is 4.90 Å². The van der Waals surface area contributed by atoms with Crippen LogP contribution in [0.4, 0.5) is 5.82 Å². The number of fused-ring (bicyclic) bond motifs is 3. The number of aromatic nitrogens is 2. The number of H-pyrrole nitrogens is 1. The number of ether oxygens (including phenoxy) is 1. The fourth-order valence-electron chi connectivity index (χ4n) is 4.34. The van der Waals surface area contributed by atoms with Crippen molar-refractivity contribution in [1.29, 1.82) is 5.26 Å². The molecule has 0 atom stereocenters. The summed E-state index contributed by atoms with van der Waals surface area (Å²) in [6.07, 6.45) is 2.00. The minimum atomic E-state index is 0.733. The number of aromatic amines is 1. The fraction of sp³-hybridized carbons (Fsp3) is 0.455. The Labute approximate surface area is 165 Å². The molecule has 2 aromatic heterocycles. The Morgan fingerprint density at radius 1 is 1.29 bits per heavy atom. The van der Waals surface area contributed by atoms with Gasteiger partial charge in [0.2, 0.25) is 11.5 Å². The van der Waals surface area contributed by atoms with Gasteiger partial charge in [-0.1, -0.05) is 19.1 Å². The van der Waals surface area contributed by atoms with Crippen LogP contribution in [0.3, 0.4) is 0 Å². The smallest absolute Gasteiger partial charge is 0.250 e. The SMILES string of the molecule is CCc1c(C)c(C#N)c2[nH]c3ccccc3[n+]2c1NCCC[NH+]1CCOCC1. The van der Waals surface area contributed by atoms with Crippen LogP contribution in [0.15, 0.2) is 24.3 Å². The molecule has 146 valence electrons. The van der Waals surface area contributed by atoms with Crippen LogP contribution in [0, 0.1) is 18.3 Å². The van der Waals surface area contributed by atoms with Crippen LogP contribution in [0.1, 0.15) is 30.0 Å². The molecule has 0 amide bonds. The number of rotatable bonds is 6. The van der Waals surface area contributed by atoms with Crippen LogP contribution in [-0.2, 0) is 11.2 Å². The van der Waals surface area contributed by atoms with E-state index < -0.39 is 0 Å². The monoisotopic (exact) mass is 379 g/mol. The van der Waals surface area contributed by atoms with Gasteiger partial charge in [-0.25, -0.2) is 0 Å². The summed E-state index contributed by atoms with van der Waals surface area (Å²) >= 11 is 0. The molecule has 0 radical (unpaired) electrons. The van der Waals surface area contributed by atoms with Gasteiger partial charge in [-0.15, -0.1) is 0 Å². The van der Waals surface area contributed by atoms with E-state index in [9.17, 15) is 5.26 Å². The van der Waals surface area contributed by atoms with Crippen LogP contribution < -0.4 is 14.6 Å². The van der Waals surface area contributed by atoms with E-state index >= 15 is 0 Å². The van der Waals surface area contributed by atoms with Crippen molar-refractivity contribution in [3.05, 3.63) is 41.0 Å². The third-order valence-electron chi connectivity index (χ3n) is 5.86. The molecule has 4 rings (SSSR count). The average Bonchev–Trinajstić information content (AvgIpc) is 3.11. The topological polar surface area (TPSA) is 69.4 Å². The highest BCUT2D eigenvalue weighted by molar-refractivity contribution is 5.78. The molecule has 1 fully saturated rings. The van der Waals surface area contributed by atoms with Crippen molar-refractivity contribution in [1.82, 2.24) is 4.98 Å². The quantitative estimate of drug-likeness (QED) is 0.448. The lowest BCUT2D eigenvalue weighted by Gasteiger charge is -2.23. The third-order valence-corrected chi connectivity index (χ3v) is 5.86. The third kappa shape index (κ3) is 3.32. The van der Waals surface area contributed by atoms with Crippen LogP contribution in [0.2, 0.25) is 0 Å². The zero-order chi connectivity index (χ0) is 19.5. The number of quaternary nitrogens is 1. The minimum Gasteiger partial charge on any atom is -0.370 e. The van der Waals surface area contributed by atoms with E-state index in [-0.39, 0.29) is 0 Å². The first-order valence-corrected chi connectivity index (χ1v) is 10.3. The zero-order valence-electron chi connectivity index (χ0n) is 16.8. The van der Waals surface area contributed by atoms with E-state index in [0.717, 1.165) is 85.9 Å². The Morgan fingerprint density at radius 2 is 2.07 bits per heavy atom. The molecule has 0 unspecified atom stereocenters. The van der Waals surface area contributed by atoms with Crippen molar-refractivity contribution in [2.24, 2.45) is 0 Å². The Bertz CT molecular complexity index is 1030. The molecule has 1 aromatic carbocycles. The van der Waals surface area contributed by atoms with E-state index in [1.165, 1.54) is 5.56 Å². The van der Waals surface area contributed by atoms with Gasteiger partial charge < -0.3 is 15.0 Å². The molecule has 0 bridgehead atoms. The fourth-order valence-corrected chi connectivity index (χ4v) is 4.34. The minimum absolute atomic E-state index is 0.733. The molecule has 6 nitrogen and oxygen atoms in total. The van der Waals surface area contributed by atoms with Crippen LogP contribution in [-0.4, -0.2) is 44.4 Å². The van der Waals surface area contributed by atoms with Crippen molar-refractivity contribution in [3.63, 3.8) is 0 Å². The summed E-state index contributed by atoms with van der Waals surface area (Å²) in [5, 5.41) is 13.5. The molecule has 3 N–H and O–H groups in total. The standard InChI is InChI=1S/C22H27N5O/c1-3-17-16(2)18(15-23)22-25-19-7-4-5-8-20(19)27(22)21(17)24-9-6-10-26-11-13-28-14-12-26/h4-5,7-8H,3,6,9-14H2,1-2H3,(H,24,25)/p+2. The molecule has 28 heavy (non-hydrogen) atoms. The Balaban J connectivity index is 1.68. The molecule has 0 spiro atoms. The first-order chi connectivity index (χ1) is 13.7. The number of nitriles is 1. The summed E-state index contributed by atoms with van der Waals surface area (Å²) in [5.74, 6) is 1.11. The lowest BCUT2D eigenvalue weighted by atomic mass is 10.0. The molecule has 0 saturated carbocycles. The number of hydrogen-bond acceptors (Lipinski definition) is 3. The van der Waals surface area contributed by atoms with Gasteiger partial charge in [-0.2, -0.15) is 9.66 Å². The molecule has 3 aromatic rings. The van der Waals surface area contributed by atoms with Crippen LogP contribution in [0.25, 0.3) is 16.7 Å². The molecular weight excluding hydrogens is 350 g/mol. The maximum Gasteiger partial charge on any atom is 0.250 e. The first-order valence-electron chi connectivity index (χ1n) is 10.3. The van der Waals surface area contributed by atoms with Gasteiger partial charge in [0.1, 0.15) is 35.8 Å². The number of benzene rings is 1. The van der Waals surface area contributed by atoms with Crippen molar-refractivity contribution < 1.29 is 14.0 Å². The Morgan fingerprint density at radius 3 is 2.82 bits per heavy atom. The van der Waals surface area contributed by atoms with Crippen molar-refractivity contribution in [3.8, 4) is 6.07 Å². The van der Waals surface area contributed by atoms with Gasteiger partial charge in [0, 0.05) is 12.0 Å². The summed E-state index contributed by atoms with van der Waals surface area (Å²) in [5.41, 5.74) is 6.05. The zero-order valence-corrected chi connectivity index (χ0v) is 16.8. The van der Waals surface area contributed by atoms with Gasteiger partial charge in [-0.05, 0) is 31.0 Å². The second-order valence-corrected chi connectivity index (χ2v) is 7.51. The maximum absolute atomic E-state index is 9.79. The number of imidazole rings is 1. The number of nitrogens with one attached hydrogen (secondary N) is 3. The predicted octanol–water partition coefficient (Wildman–Crippen LogP) is 1.37. The van der Waals surface area contributed by atoms with Crippen molar-refractivity contribution >= 4 is 22.5 Å². The molecule has 3 heterocycles. The summed E-state index contributed by atoms with van der Waals surface area (Å²) < 4.78 is 7.65. The maximum atomic E-state index is 9.79. The van der Waals surface area contributed by atoms with Gasteiger partial charge in [0.05, 0.1) is 26.3 Å². The van der Waals surface area contributed by atoms with Crippen molar-refractivity contribution in [2.75, 3.05) is 44.7 Å². The van der Waals surface area contributed by atoms with E-state index in [0.29, 0.717) is 0 Å². The second-order valence-electron chi connectivity index (χ2n) is 7.51. The van der Waals surface area contributed by atoms with E-state index in [1.807, 2.05) is 12.1 Å². The highest BCUT2D eigenvalue weighted by atomic mass is 16.5. The highest BCUT2D eigenvalue weighted by Gasteiger charge is 2.24. The predicted molar refractivity (Wildman–Crippen MR) is 110 cm³/mol. The van der Waals surface area contributed by atoms with E-state index in [2.05, 4.69) is 46.8 Å². The second kappa shape index (κ2) is 8.17. The molecule has 6 heteroatoms. The van der Waals surface area contributed by atoms with Crippen LogP contribution in [0.5, 0.6) is 0 Å². The molecule has 0 aliphatic carbocycles. The molecule has 1 aliphatic heterocycles. The number of hydrogen-bond donors (Lipinski definition) is 3. The number of morpholine rings is 1. The lowest BCUT2D eigenvalue weighted by Crippen LogP contribution is -3.14. The first kappa shape index (κ1) is 18.7. The highest BCUT2D eigenvalue weighted by Crippen LogP contribution is 2.25. The summed E-state index contributed by atoms with van der Waals surface area (Å²) in [7, 11) is 0. The number of anilines is 1. The number of pyridine rings is 1. The molecule has 1 aliphatic rings. The van der Waals surface area contributed by atoms with Gasteiger partial charge in [-0.3, -0.25) is 4.98 Å². The summed E-state index contributed by atoms with van der Waals surface area (Å²) in [4.78, 5) is 5.08. The molecular formula is C22H29N5O+2. The number of nitrogens with zero attached hydrogens (tertiary/aromatic N) is 2. The van der Waals surface area contributed by atoms with Crippen LogP contribution >= 0.6 is 0 Å². The molecule has 1 saturated heterocycles. The van der Waals surface area contributed by atoms with Gasteiger partial charge in [0.15, 0.2) is 0 Å². The van der Waals surface area contributed by atoms with Crippen molar-refractivity contribution in [2.45, 2.75) is 26.7 Å². The Hall–Kier alpha value is -2.62. The van der Waals surface area contributed by atoms with Gasteiger partial charge >= 0.3 is 0 Å².